The Morgan fingerprint density at radius 1 is 1.14 bits per heavy atom. The second-order valence-electron chi connectivity index (χ2n) is 5.15. The molecular weight excluding hydrogens is 283 g/mol. The van der Waals surface area contributed by atoms with Gasteiger partial charge in [-0.2, -0.15) is 13.2 Å². The summed E-state index contributed by atoms with van der Waals surface area (Å²) < 4.78 is 42.4. The summed E-state index contributed by atoms with van der Waals surface area (Å²) in [4.78, 5) is 11.5. The van der Waals surface area contributed by atoms with E-state index in [0.29, 0.717) is 11.3 Å². The quantitative estimate of drug-likeness (QED) is 0.730. The highest BCUT2D eigenvalue weighted by molar-refractivity contribution is 5.85. The molecule has 0 aromatic heterocycles. The van der Waals surface area contributed by atoms with Gasteiger partial charge < -0.3 is 4.74 Å². The van der Waals surface area contributed by atoms with Gasteiger partial charge in [0.2, 0.25) is 0 Å². The molecule has 0 saturated carbocycles. The maximum Gasteiger partial charge on any atom is 0.416 e. The van der Waals surface area contributed by atoms with Gasteiger partial charge in [0, 0.05) is 5.69 Å². The summed E-state index contributed by atoms with van der Waals surface area (Å²) >= 11 is 0. The molecule has 122 valence electrons. The summed E-state index contributed by atoms with van der Waals surface area (Å²) in [6.45, 7) is 6.59. The van der Waals surface area contributed by atoms with Gasteiger partial charge in [-0.3, -0.25) is 5.32 Å². The first-order chi connectivity index (χ1) is 8.49. The van der Waals surface area contributed by atoms with Gasteiger partial charge in [-0.15, -0.1) is 0 Å². The van der Waals surface area contributed by atoms with Crippen LogP contribution in [0.4, 0.5) is 23.7 Å². The van der Waals surface area contributed by atoms with E-state index < -0.39 is 23.4 Å². The van der Waals surface area contributed by atoms with Crippen LogP contribution in [-0.2, 0) is 10.9 Å². The number of hydrogen-bond acceptors (Lipinski definition) is 2. The molecule has 1 rings (SSSR count). The van der Waals surface area contributed by atoms with Gasteiger partial charge in [0.15, 0.2) is 0 Å². The number of carbonyl (C=O) groups excluding carboxylic acids is 1. The van der Waals surface area contributed by atoms with Crippen LogP contribution >= 0.6 is 0 Å². The smallest absolute Gasteiger partial charge is 0.416 e. The maximum absolute atomic E-state index is 12.5. The number of anilines is 1. The molecule has 6 heteroatoms. The number of hydrogen-bond donors (Lipinski definition) is 1. The van der Waals surface area contributed by atoms with Gasteiger partial charge in [-0.05, 0) is 51.5 Å². The molecule has 1 aromatic rings. The third-order valence-corrected chi connectivity index (χ3v) is 2.19. The summed E-state index contributed by atoms with van der Waals surface area (Å²) in [5.41, 5.74) is -0.799. The minimum atomic E-state index is -4.39. The Labute approximate surface area is 124 Å². The zero-order chi connectivity index (χ0) is 14.8. The van der Waals surface area contributed by atoms with Crippen LogP contribution in [0.25, 0.3) is 0 Å². The molecule has 0 aliphatic rings. The highest BCUT2D eigenvalue weighted by Crippen LogP contribution is 2.31. The molecule has 0 aliphatic carbocycles. The van der Waals surface area contributed by atoms with Crippen LogP contribution in [0, 0.1) is 6.92 Å². The average molecular weight is 307 g/mol. The molecule has 1 amide bonds. The molecule has 1 N–H and O–H groups in total. The van der Waals surface area contributed by atoms with Gasteiger partial charge >= 0.3 is 12.3 Å². The van der Waals surface area contributed by atoms with Crippen molar-refractivity contribution in [3.8, 4) is 0 Å². The fourth-order valence-corrected chi connectivity index (χ4v) is 1.39. The molecule has 0 atom stereocenters. The van der Waals surface area contributed by atoms with Crippen LogP contribution in [0.5, 0.6) is 0 Å². The molecule has 0 radical (unpaired) electrons. The highest BCUT2D eigenvalue weighted by atomic mass is 19.4. The van der Waals surface area contributed by atoms with Crippen LogP contribution in [0.15, 0.2) is 18.2 Å². The molecule has 1 aromatic carbocycles. The zero-order valence-electron chi connectivity index (χ0n) is 11.2. The Hall–Kier alpha value is -1.72. The van der Waals surface area contributed by atoms with Crippen LogP contribution in [-0.4, -0.2) is 11.7 Å². The minimum Gasteiger partial charge on any atom is -0.444 e. The van der Waals surface area contributed by atoms with Gasteiger partial charge in [0.25, 0.3) is 0 Å². The third-order valence-electron chi connectivity index (χ3n) is 2.19. The summed E-state index contributed by atoms with van der Waals surface area (Å²) in [7, 11) is 0. The number of nitrogens with one attached hydrogen (secondary N) is 1. The standard InChI is InChI=1S/C13H16F3NO2.2CH4/c1-8-7-9(13(14,15)16)5-6-10(8)17-11(18)19-12(2,3)4;;/h5-7H,1-4H3,(H,17,18);2*1H4. The van der Waals surface area contributed by atoms with E-state index in [2.05, 4.69) is 5.32 Å². The lowest BCUT2D eigenvalue weighted by molar-refractivity contribution is -0.137. The monoisotopic (exact) mass is 307 g/mol. The van der Waals surface area contributed by atoms with Gasteiger partial charge in [0.1, 0.15) is 5.60 Å². The SMILES string of the molecule is C.C.Cc1cc(C(F)(F)F)ccc1NC(=O)OC(C)(C)C. The molecule has 0 spiro atoms. The van der Waals surface area contributed by atoms with Crippen molar-refractivity contribution in [2.45, 2.75) is 54.3 Å². The van der Waals surface area contributed by atoms with E-state index in [1.165, 1.54) is 13.0 Å². The molecule has 21 heavy (non-hydrogen) atoms. The van der Waals surface area contributed by atoms with Crippen LogP contribution in [0.1, 0.15) is 46.8 Å². The number of benzene rings is 1. The molecular formula is C15H24F3NO2. The number of carbonyl (C=O) groups is 1. The third kappa shape index (κ3) is 7.02. The van der Waals surface area contributed by atoms with E-state index in [-0.39, 0.29) is 14.9 Å². The summed E-state index contributed by atoms with van der Waals surface area (Å²) in [6.07, 6.45) is -5.09. The summed E-state index contributed by atoms with van der Waals surface area (Å²) in [5.74, 6) is 0. The Kier molecular flexibility index (Phi) is 7.54. The lowest BCUT2D eigenvalue weighted by Crippen LogP contribution is -2.27. The van der Waals surface area contributed by atoms with Gasteiger partial charge in [-0.1, -0.05) is 14.9 Å². The first kappa shape index (κ1) is 21.6. The number of amides is 1. The molecule has 0 bridgehead atoms. The zero-order valence-corrected chi connectivity index (χ0v) is 11.2. The predicted octanol–water partition coefficient (Wildman–Crippen LogP) is 5.63. The minimum absolute atomic E-state index is 0. The average Bonchev–Trinajstić information content (AvgIpc) is 2.16. The molecule has 0 heterocycles. The second-order valence-corrected chi connectivity index (χ2v) is 5.15. The van der Waals surface area contributed by atoms with Crippen molar-refractivity contribution in [2.24, 2.45) is 0 Å². The lowest BCUT2D eigenvalue weighted by Gasteiger charge is -2.20. The van der Waals surface area contributed by atoms with E-state index in [0.717, 1.165) is 12.1 Å². The van der Waals surface area contributed by atoms with Gasteiger partial charge in [0.05, 0.1) is 5.56 Å². The van der Waals surface area contributed by atoms with Crippen LogP contribution in [0.2, 0.25) is 0 Å². The largest absolute Gasteiger partial charge is 0.444 e. The van der Waals surface area contributed by atoms with Crippen molar-refractivity contribution in [3.63, 3.8) is 0 Å². The van der Waals surface area contributed by atoms with Crippen molar-refractivity contribution in [1.29, 1.82) is 0 Å². The topological polar surface area (TPSA) is 38.3 Å². The van der Waals surface area contributed by atoms with E-state index in [4.69, 9.17) is 4.74 Å². The van der Waals surface area contributed by atoms with E-state index in [9.17, 15) is 18.0 Å². The molecule has 3 nitrogen and oxygen atoms in total. The maximum atomic E-state index is 12.5. The van der Waals surface area contributed by atoms with Crippen molar-refractivity contribution in [3.05, 3.63) is 29.3 Å². The van der Waals surface area contributed by atoms with Gasteiger partial charge in [-0.25, -0.2) is 4.79 Å². The highest BCUT2D eigenvalue weighted by Gasteiger charge is 2.30. The number of rotatable bonds is 1. The Morgan fingerprint density at radius 2 is 1.67 bits per heavy atom. The number of aryl methyl sites for hydroxylation is 1. The van der Waals surface area contributed by atoms with Crippen molar-refractivity contribution < 1.29 is 22.7 Å². The normalized spacial score (nSPS) is 11.0. The van der Waals surface area contributed by atoms with E-state index in [1.807, 2.05) is 0 Å². The summed E-state index contributed by atoms with van der Waals surface area (Å²) in [6, 6.07) is 3.11. The van der Waals surface area contributed by atoms with Crippen molar-refractivity contribution in [2.75, 3.05) is 5.32 Å². The molecule has 0 aliphatic heterocycles. The number of ether oxygens (including phenoxy) is 1. The second kappa shape index (κ2) is 7.33. The molecule has 0 fully saturated rings. The van der Waals surface area contributed by atoms with Crippen molar-refractivity contribution >= 4 is 11.8 Å². The fourth-order valence-electron chi connectivity index (χ4n) is 1.39. The number of alkyl halides is 3. The van der Waals surface area contributed by atoms with E-state index in [1.54, 1.807) is 20.8 Å². The Bertz CT molecular complexity index is 477. The summed E-state index contributed by atoms with van der Waals surface area (Å²) in [5, 5.41) is 2.42. The predicted molar refractivity (Wildman–Crippen MR) is 79.5 cm³/mol. The first-order valence-corrected chi connectivity index (χ1v) is 5.67. The number of halogens is 3. The molecule has 0 saturated heterocycles. The van der Waals surface area contributed by atoms with E-state index >= 15 is 0 Å². The van der Waals surface area contributed by atoms with Crippen molar-refractivity contribution in [1.82, 2.24) is 0 Å². The first-order valence-electron chi connectivity index (χ1n) is 5.67. The van der Waals surface area contributed by atoms with Crippen LogP contribution < -0.4 is 5.32 Å². The fraction of sp³-hybridized carbons (Fsp3) is 0.533. The lowest BCUT2D eigenvalue weighted by atomic mass is 10.1. The van der Waals surface area contributed by atoms with Crippen LogP contribution in [0.3, 0.4) is 0 Å². The Balaban J connectivity index is 0. The molecule has 0 unspecified atom stereocenters. The Morgan fingerprint density at radius 3 is 2.05 bits per heavy atom.